The Bertz CT molecular complexity index is 287. The third-order valence-electron chi connectivity index (χ3n) is 1.31. The number of nitrogens with one attached hydrogen (secondary N) is 1. The predicted octanol–water partition coefficient (Wildman–Crippen LogP) is 1.34. The van der Waals surface area contributed by atoms with Crippen molar-refractivity contribution in [2.75, 3.05) is 11.2 Å². The van der Waals surface area contributed by atoms with Crippen LogP contribution < -0.4 is 5.32 Å². The van der Waals surface area contributed by atoms with Gasteiger partial charge in [-0.2, -0.15) is 0 Å². The molecule has 0 fully saturated rings. The molecule has 0 radical (unpaired) electrons. The van der Waals surface area contributed by atoms with E-state index in [1.807, 2.05) is 0 Å². The van der Waals surface area contributed by atoms with Crippen LogP contribution in [-0.2, 0) is 4.79 Å². The van der Waals surface area contributed by atoms with Gasteiger partial charge in [-0.3, -0.25) is 10.1 Å². The molecule has 0 aromatic carbocycles. The monoisotopic (exact) mass is 203 g/mol. The van der Waals surface area contributed by atoms with Crippen LogP contribution in [0.3, 0.4) is 0 Å². The Kier molecular flexibility index (Phi) is 3.70. The molecule has 1 aromatic rings. The Morgan fingerprint density at radius 2 is 2.38 bits per heavy atom. The lowest BCUT2D eigenvalue weighted by Crippen LogP contribution is -2.11. The van der Waals surface area contributed by atoms with Crippen molar-refractivity contribution in [1.82, 2.24) is 10.2 Å². The van der Waals surface area contributed by atoms with Gasteiger partial charge in [0.15, 0.2) is 0 Å². The van der Waals surface area contributed by atoms with E-state index in [0.717, 1.165) is 0 Å². The van der Waals surface area contributed by atoms with Gasteiger partial charge in [-0.25, -0.2) is 0 Å². The molecule has 0 aliphatic heterocycles. The van der Waals surface area contributed by atoms with Crippen molar-refractivity contribution < 1.29 is 9.21 Å². The maximum Gasteiger partial charge on any atom is 0.322 e. The van der Waals surface area contributed by atoms with Gasteiger partial charge >= 0.3 is 6.01 Å². The molecule has 1 aromatic heterocycles. The summed E-state index contributed by atoms with van der Waals surface area (Å²) in [5.41, 5.74) is 0. The topological polar surface area (TPSA) is 68.0 Å². The summed E-state index contributed by atoms with van der Waals surface area (Å²) in [4.78, 5) is 11.1. The lowest BCUT2D eigenvalue weighted by atomic mass is 10.3. The average Bonchev–Trinajstić information content (AvgIpc) is 2.48. The number of hydrogen-bond acceptors (Lipinski definition) is 4. The number of aromatic nitrogens is 2. The summed E-state index contributed by atoms with van der Waals surface area (Å²) in [6.07, 6.45) is 1.01. The Labute approximate surface area is 80.5 Å². The van der Waals surface area contributed by atoms with Crippen LogP contribution in [0.15, 0.2) is 4.42 Å². The van der Waals surface area contributed by atoms with E-state index in [2.05, 4.69) is 15.5 Å². The van der Waals surface area contributed by atoms with Gasteiger partial charge in [0, 0.05) is 19.2 Å². The number of anilines is 1. The quantitative estimate of drug-likeness (QED) is 0.750. The van der Waals surface area contributed by atoms with Crippen LogP contribution >= 0.6 is 11.6 Å². The molecule has 0 spiro atoms. The number of carbonyl (C=O) groups is 1. The largest absolute Gasteiger partial charge is 0.408 e. The number of amides is 1. The number of nitrogens with zero attached hydrogens (tertiary/aromatic N) is 2. The normalized spacial score (nSPS) is 10.0. The van der Waals surface area contributed by atoms with E-state index < -0.39 is 0 Å². The minimum Gasteiger partial charge on any atom is -0.408 e. The first-order valence-corrected chi connectivity index (χ1v) is 4.41. The molecule has 0 bridgehead atoms. The first-order chi connectivity index (χ1) is 6.22. The van der Waals surface area contributed by atoms with Gasteiger partial charge in [-0.05, 0) is 6.42 Å². The summed E-state index contributed by atoms with van der Waals surface area (Å²) < 4.78 is 4.95. The summed E-state index contributed by atoms with van der Waals surface area (Å²) in [6, 6.07) is 0.136. The first-order valence-electron chi connectivity index (χ1n) is 3.88. The second kappa shape index (κ2) is 4.81. The standard InChI is InChI=1S/C7H10ClN3O2/c1-5-10-11-7(13-5)9-6(12)3-2-4-8/h2-4H2,1H3,(H,9,11,12). The molecule has 13 heavy (non-hydrogen) atoms. The molecule has 1 rings (SSSR count). The lowest BCUT2D eigenvalue weighted by molar-refractivity contribution is -0.116. The maximum atomic E-state index is 11.1. The predicted molar refractivity (Wildman–Crippen MR) is 47.6 cm³/mol. The van der Waals surface area contributed by atoms with E-state index in [1.165, 1.54) is 0 Å². The highest BCUT2D eigenvalue weighted by Gasteiger charge is 2.06. The number of alkyl halides is 1. The highest BCUT2D eigenvalue weighted by molar-refractivity contribution is 6.18. The Balaban J connectivity index is 2.36. The number of aryl methyl sites for hydroxylation is 1. The molecule has 5 nitrogen and oxygen atoms in total. The van der Waals surface area contributed by atoms with Crippen molar-refractivity contribution >= 4 is 23.5 Å². The fourth-order valence-corrected chi connectivity index (χ4v) is 0.890. The molecule has 0 saturated heterocycles. The third-order valence-corrected chi connectivity index (χ3v) is 1.58. The van der Waals surface area contributed by atoms with Gasteiger partial charge in [-0.15, -0.1) is 16.7 Å². The molecule has 0 unspecified atom stereocenters. The van der Waals surface area contributed by atoms with Gasteiger partial charge in [0.2, 0.25) is 11.8 Å². The zero-order valence-electron chi connectivity index (χ0n) is 7.21. The molecule has 1 N–H and O–H groups in total. The fourth-order valence-electron chi connectivity index (χ4n) is 0.756. The van der Waals surface area contributed by atoms with Gasteiger partial charge in [0.05, 0.1) is 0 Å². The molecule has 0 aliphatic rings. The van der Waals surface area contributed by atoms with Crippen LogP contribution in [0.2, 0.25) is 0 Å². The van der Waals surface area contributed by atoms with E-state index >= 15 is 0 Å². The molecule has 1 amide bonds. The van der Waals surface area contributed by atoms with Crippen molar-refractivity contribution in [3.05, 3.63) is 5.89 Å². The highest BCUT2D eigenvalue weighted by Crippen LogP contribution is 2.04. The van der Waals surface area contributed by atoms with E-state index in [1.54, 1.807) is 6.92 Å². The van der Waals surface area contributed by atoms with Gasteiger partial charge in [-0.1, -0.05) is 5.10 Å². The second-order valence-corrected chi connectivity index (χ2v) is 2.84. The van der Waals surface area contributed by atoms with Crippen LogP contribution in [0.5, 0.6) is 0 Å². The Hall–Kier alpha value is -1.10. The third kappa shape index (κ3) is 3.42. The van der Waals surface area contributed by atoms with Crippen LogP contribution in [-0.4, -0.2) is 22.0 Å². The second-order valence-electron chi connectivity index (χ2n) is 2.47. The molecule has 6 heteroatoms. The van der Waals surface area contributed by atoms with E-state index in [-0.39, 0.29) is 11.9 Å². The van der Waals surface area contributed by atoms with Crippen molar-refractivity contribution in [1.29, 1.82) is 0 Å². The van der Waals surface area contributed by atoms with E-state index in [0.29, 0.717) is 24.6 Å². The highest BCUT2D eigenvalue weighted by atomic mass is 35.5. The molecule has 0 saturated carbocycles. The molecule has 0 atom stereocenters. The summed E-state index contributed by atoms with van der Waals surface area (Å²) >= 11 is 5.42. The van der Waals surface area contributed by atoms with Crippen molar-refractivity contribution in [2.24, 2.45) is 0 Å². The number of halogens is 1. The lowest BCUT2D eigenvalue weighted by Gasteiger charge is -1.96. The fraction of sp³-hybridized carbons (Fsp3) is 0.571. The van der Waals surface area contributed by atoms with Gasteiger partial charge in [0.1, 0.15) is 0 Å². The van der Waals surface area contributed by atoms with Crippen LogP contribution in [0, 0.1) is 6.92 Å². The van der Waals surface area contributed by atoms with Crippen molar-refractivity contribution in [3.8, 4) is 0 Å². The van der Waals surface area contributed by atoms with Gasteiger partial charge in [0.25, 0.3) is 0 Å². The smallest absolute Gasteiger partial charge is 0.322 e. The molecule has 0 aliphatic carbocycles. The maximum absolute atomic E-state index is 11.1. The molecular formula is C7H10ClN3O2. The SMILES string of the molecule is Cc1nnc(NC(=O)CCCCl)o1. The Morgan fingerprint density at radius 1 is 1.62 bits per heavy atom. The summed E-state index contributed by atoms with van der Waals surface area (Å²) in [6.45, 7) is 1.65. The average molecular weight is 204 g/mol. The zero-order chi connectivity index (χ0) is 9.68. The van der Waals surface area contributed by atoms with Gasteiger partial charge < -0.3 is 4.42 Å². The van der Waals surface area contributed by atoms with Crippen LogP contribution in [0.25, 0.3) is 0 Å². The number of carbonyl (C=O) groups excluding carboxylic acids is 1. The summed E-state index contributed by atoms with van der Waals surface area (Å²) in [5.74, 6) is 0.730. The number of rotatable bonds is 4. The zero-order valence-corrected chi connectivity index (χ0v) is 7.97. The summed E-state index contributed by atoms with van der Waals surface area (Å²) in [7, 11) is 0. The van der Waals surface area contributed by atoms with E-state index in [9.17, 15) is 4.79 Å². The van der Waals surface area contributed by atoms with Crippen LogP contribution in [0.1, 0.15) is 18.7 Å². The van der Waals surface area contributed by atoms with Crippen LogP contribution in [0.4, 0.5) is 6.01 Å². The van der Waals surface area contributed by atoms with E-state index in [4.69, 9.17) is 16.0 Å². The Morgan fingerprint density at radius 3 is 2.92 bits per heavy atom. The number of hydrogen-bond donors (Lipinski definition) is 1. The van der Waals surface area contributed by atoms with Crippen molar-refractivity contribution in [3.63, 3.8) is 0 Å². The minimum absolute atomic E-state index is 0.136. The first kappa shape index (κ1) is 9.98. The summed E-state index contributed by atoms with van der Waals surface area (Å²) in [5, 5.41) is 9.63. The molecular weight excluding hydrogens is 194 g/mol. The van der Waals surface area contributed by atoms with Crippen molar-refractivity contribution in [2.45, 2.75) is 19.8 Å². The molecule has 1 heterocycles. The molecule has 72 valence electrons. The minimum atomic E-state index is -0.163.